The van der Waals surface area contributed by atoms with Crippen molar-refractivity contribution in [3.63, 3.8) is 0 Å². The van der Waals surface area contributed by atoms with Gasteiger partial charge in [-0.2, -0.15) is 0 Å². The fourth-order valence-corrected chi connectivity index (χ4v) is 2.64. The molecular weight excluding hydrogens is 292 g/mol. The molecule has 1 saturated heterocycles. The molecule has 1 atom stereocenters. The summed E-state index contributed by atoms with van der Waals surface area (Å²) in [6.07, 6.45) is 2.85. The largest absolute Gasteiger partial charge is 0.490 e. The number of hydrogen-bond donors (Lipinski definition) is 1. The topological polar surface area (TPSA) is 50.8 Å². The van der Waals surface area contributed by atoms with E-state index in [1.807, 2.05) is 30.1 Å². The summed E-state index contributed by atoms with van der Waals surface area (Å²) >= 11 is 0. The van der Waals surface area contributed by atoms with E-state index in [0.717, 1.165) is 32.4 Å². The van der Waals surface area contributed by atoms with E-state index >= 15 is 0 Å². The van der Waals surface area contributed by atoms with Crippen molar-refractivity contribution >= 4 is 5.91 Å². The van der Waals surface area contributed by atoms with Crippen LogP contribution in [0.2, 0.25) is 0 Å². The molecule has 0 radical (unpaired) electrons. The highest BCUT2D eigenvalue weighted by Crippen LogP contribution is 2.29. The van der Waals surface area contributed by atoms with Crippen LogP contribution in [0.5, 0.6) is 11.5 Å². The van der Waals surface area contributed by atoms with E-state index in [4.69, 9.17) is 9.47 Å². The number of rotatable bonds is 8. The Bertz CT molecular complexity index is 513. The lowest BCUT2D eigenvalue weighted by molar-refractivity contribution is 0.0743. The SMILES string of the molecule is CCCOc1ccc(C(=O)N(C)C2CCNC2)cc1OCCC. The Balaban J connectivity index is 2.15. The summed E-state index contributed by atoms with van der Waals surface area (Å²) in [5.74, 6) is 1.40. The number of benzene rings is 1. The molecule has 1 fully saturated rings. The molecule has 1 aromatic rings. The number of hydrogen-bond acceptors (Lipinski definition) is 4. The van der Waals surface area contributed by atoms with Crippen molar-refractivity contribution in [3.05, 3.63) is 23.8 Å². The molecule has 5 heteroatoms. The lowest BCUT2D eigenvalue weighted by Crippen LogP contribution is -2.38. The third-order valence-electron chi connectivity index (χ3n) is 4.02. The second kappa shape index (κ2) is 8.77. The highest BCUT2D eigenvalue weighted by molar-refractivity contribution is 5.95. The molecule has 1 N–H and O–H groups in total. The van der Waals surface area contributed by atoms with Gasteiger partial charge in [-0.1, -0.05) is 13.8 Å². The first-order chi connectivity index (χ1) is 11.2. The molecule has 0 bridgehead atoms. The molecule has 5 nitrogen and oxygen atoms in total. The van der Waals surface area contributed by atoms with Crippen molar-refractivity contribution in [2.75, 3.05) is 33.4 Å². The summed E-state index contributed by atoms with van der Waals surface area (Å²) < 4.78 is 11.5. The molecule has 1 aromatic carbocycles. The van der Waals surface area contributed by atoms with Gasteiger partial charge in [0.15, 0.2) is 11.5 Å². The molecule has 0 spiro atoms. The molecule has 1 unspecified atom stereocenters. The maximum Gasteiger partial charge on any atom is 0.254 e. The Morgan fingerprint density at radius 2 is 1.91 bits per heavy atom. The van der Waals surface area contributed by atoms with E-state index in [2.05, 4.69) is 19.2 Å². The summed E-state index contributed by atoms with van der Waals surface area (Å²) in [7, 11) is 1.87. The highest BCUT2D eigenvalue weighted by atomic mass is 16.5. The van der Waals surface area contributed by atoms with Crippen LogP contribution in [0.15, 0.2) is 18.2 Å². The first-order valence-corrected chi connectivity index (χ1v) is 8.54. The number of likely N-dealkylation sites (N-methyl/N-ethyl adjacent to an activating group) is 1. The van der Waals surface area contributed by atoms with Crippen molar-refractivity contribution in [2.45, 2.75) is 39.2 Å². The predicted octanol–water partition coefficient (Wildman–Crippen LogP) is 2.70. The molecule has 0 aromatic heterocycles. The molecule has 1 heterocycles. The van der Waals surface area contributed by atoms with Crippen molar-refractivity contribution in [1.29, 1.82) is 0 Å². The summed E-state index contributed by atoms with van der Waals surface area (Å²) in [4.78, 5) is 14.5. The van der Waals surface area contributed by atoms with Crippen molar-refractivity contribution < 1.29 is 14.3 Å². The maximum atomic E-state index is 12.7. The molecule has 2 rings (SSSR count). The van der Waals surface area contributed by atoms with Crippen molar-refractivity contribution in [2.24, 2.45) is 0 Å². The van der Waals surface area contributed by atoms with Gasteiger partial charge in [-0.15, -0.1) is 0 Å². The van der Waals surface area contributed by atoms with Crippen LogP contribution in [0, 0.1) is 0 Å². The van der Waals surface area contributed by atoms with Crippen LogP contribution >= 0.6 is 0 Å². The van der Waals surface area contributed by atoms with E-state index in [1.54, 1.807) is 0 Å². The van der Waals surface area contributed by atoms with Crippen LogP contribution in [-0.2, 0) is 0 Å². The second-order valence-corrected chi connectivity index (χ2v) is 5.92. The third kappa shape index (κ3) is 4.61. The molecule has 0 aliphatic carbocycles. The summed E-state index contributed by atoms with van der Waals surface area (Å²) in [6.45, 7) is 7.21. The van der Waals surface area contributed by atoms with Gasteiger partial charge in [0.25, 0.3) is 5.91 Å². The molecule has 1 amide bonds. The zero-order valence-electron chi connectivity index (χ0n) is 14.4. The second-order valence-electron chi connectivity index (χ2n) is 5.92. The van der Waals surface area contributed by atoms with Gasteiger partial charge < -0.3 is 19.7 Å². The zero-order chi connectivity index (χ0) is 16.7. The van der Waals surface area contributed by atoms with Gasteiger partial charge in [0.1, 0.15) is 0 Å². The number of carbonyl (C=O) groups is 1. The summed E-state index contributed by atoms with van der Waals surface area (Å²) in [5.41, 5.74) is 0.648. The lowest BCUT2D eigenvalue weighted by Gasteiger charge is -2.24. The van der Waals surface area contributed by atoms with E-state index < -0.39 is 0 Å². The van der Waals surface area contributed by atoms with Gasteiger partial charge >= 0.3 is 0 Å². The highest BCUT2D eigenvalue weighted by Gasteiger charge is 2.24. The number of ether oxygens (including phenoxy) is 2. The Morgan fingerprint density at radius 1 is 1.22 bits per heavy atom. The fraction of sp³-hybridized carbons (Fsp3) is 0.611. The number of nitrogens with zero attached hydrogens (tertiary/aromatic N) is 1. The van der Waals surface area contributed by atoms with Gasteiger partial charge in [0.05, 0.1) is 13.2 Å². The van der Waals surface area contributed by atoms with Gasteiger partial charge in [0.2, 0.25) is 0 Å². The van der Waals surface area contributed by atoms with Crippen LogP contribution < -0.4 is 14.8 Å². The lowest BCUT2D eigenvalue weighted by atomic mass is 10.1. The van der Waals surface area contributed by atoms with Gasteiger partial charge in [-0.25, -0.2) is 0 Å². The Kier molecular flexibility index (Phi) is 6.71. The fourth-order valence-electron chi connectivity index (χ4n) is 2.64. The minimum absolute atomic E-state index is 0.0297. The molecular formula is C18H28N2O3. The summed E-state index contributed by atoms with van der Waals surface area (Å²) in [6, 6.07) is 5.74. The third-order valence-corrected chi connectivity index (χ3v) is 4.02. The molecule has 128 valence electrons. The zero-order valence-corrected chi connectivity index (χ0v) is 14.4. The summed E-state index contributed by atoms with van der Waals surface area (Å²) in [5, 5.41) is 3.29. The maximum absolute atomic E-state index is 12.7. The standard InChI is InChI=1S/C18H28N2O3/c1-4-10-22-16-7-6-14(12-17(16)23-11-5-2)18(21)20(3)15-8-9-19-13-15/h6-7,12,15,19H,4-5,8-11,13H2,1-3H3. The van der Waals surface area contributed by atoms with Crippen LogP contribution in [-0.4, -0.2) is 50.2 Å². The Morgan fingerprint density at radius 3 is 2.52 bits per heavy atom. The van der Waals surface area contributed by atoms with Crippen LogP contribution in [0.1, 0.15) is 43.5 Å². The van der Waals surface area contributed by atoms with Crippen molar-refractivity contribution in [1.82, 2.24) is 10.2 Å². The normalized spacial score (nSPS) is 17.1. The van der Waals surface area contributed by atoms with Gasteiger partial charge in [-0.3, -0.25) is 4.79 Å². The number of nitrogens with one attached hydrogen (secondary N) is 1. The Hall–Kier alpha value is -1.75. The van der Waals surface area contributed by atoms with Gasteiger partial charge in [0, 0.05) is 25.2 Å². The first-order valence-electron chi connectivity index (χ1n) is 8.54. The van der Waals surface area contributed by atoms with Crippen LogP contribution in [0.4, 0.5) is 0 Å². The quantitative estimate of drug-likeness (QED) is 0.800. The minimum atomic E-state index is 0.0297. The van der Waals surface area contributed by atoms with E-state index in [9.17, 15) is 4.79 Å². The van der Waals surface area contributed by atoms with E-state index in [0.29, 0.717) is 30.3 Å². The molecule has 1 aliphatic heterocycles. The molecule has 23 heavy (non-hydrogen) atoms. The van der Waals surface area contributed by atoms with Crippen molar-refractivity contribution in [3.8, 4) is 11.5 Å². The average Bonchev–Trinajstić information content (AvgIpc) is 3.11. The smallest absolute Gasteiger partial charge is 0.254 e. The molecule has 1 aliphatic rings. The monoisotopic (exact) mass is 320 g/mol. The number of amides is 1. The average molecular weight is 320 g/mol. The van der Waals surface area contributed by atoms with Gasteiger partial charge in [-0.05, 0) is 44.0 Å². The molecule has 0 saturated carbocycles. The van der Waals surface area contributed by atoms with E-state index in [1.165, 1.54) is 0 Å². The van der Waals surface area contributed by atoms with Crippen LogP contribution in [0.3, 0.4) is 0 Å². The van der Waals surface area contributed by atoms with Crippen LogP contribution in [0.25, 0.3) is 0 Å². The predicted molar refractivity (Wildman–Crippen MR) is 91.4 cm³/mol. The van der Waals surface area contributed by atoms with E-state index in [-0.39, 0.29) is 11.9 Å². The minimum Gasteiger partial charge on any atom is -0.490 e. The Labute approximate surface area is 139 Å². The first kappa shape index (κ1) is 17.6. The number of carbonyl (C=O) groups excluding carboxylic acids is 1.